The Balaban J connectivity index is 1.88. The lowest BCUT2D eigenvalue weighted by molar-refractivity contribution is 0.133. The number of anilines is 2. The smallest absolute Gasteiger partial charge is 0.150 e. The number of aromatic nitrogens is 2. The Morgan fingerprint density at radius 2 is 2.05 bits per heavy atom. The van der Waals surface area contributed by atoms with Crippen LogP contribution in [0.25, 0.3) is 0 Å². The molecule has 1 saturated heterocycles. The Morgan fingerprint density at radius 1 is 1.32 bits per heavy atom. The van der Waals surface area contributed by atoms with Crippen molar-refractivity contribution in [3.05, 3.63) is 5.69 Å². The van der Waals surface area contributed by atoms with Gasteiger partial charge < -0.3 is 15.7 Å². The summed E-state index contributed by atoms with van der Waals surface area (Å²) in [7, 11) is 1.96. The molecule has 1 aliphatic heterocycles. The largest absolute Gasteiger partial charge is 0.394 e. The summed E-state index contributed by atoms with van der Waals surface area (Å²) in [6.45, 7) is 6.14. The minimum absolute atomic E-state index is 0.131. The van der Waals surface area contributed by atoms with Crippen molar-refractivity contribution >= 4 is 11.5 Å². The van der Waals surface area contributed by atoms with Crippen LogP contribution in [0.15, 0.2) is 0 Å². The molecule has 0 amide bonds. The van der Waals surface area contributed by atoms with E-state index in [2.05, 4.69) is 23.8 Å². The maximum absolute atomic E-state index is 10.0. The van der Waals surface area contributed by atoms with Crippen LogP contribution >= 0.6 is 0 Å². The van der Waals surface area contributed by atoms with Crippen LogP contribution in [0.3, 0.4) is 0 Å². The lowest BCUT2D eigenvalue weighted by Gasteiger charge is -2.21. The van der Waals surface area contributed by atoms with Gasteiger partial charge in [-0.25, -0.2) is 0 Å². The molecule has 2 aliphatic rings. The third-order valence-corrected chi connectivity index (χ3v) is 4.75. The van der Waals surface area contributed by atoms with Crippen LogP contribution in [0.1, 0.15) is 38.3 Å². The van der Waals surface area contributed by atoms with E-state index >= 15 is 0 Å². The Bertz CT molecular complexity index is 482. The predicted molar refractivity (Wildman–Crippen MR) is 76.1 cm³/mol. The number of nitrogens with two attached hydrogens (primary N) is 1. The van der Waals surface area contributed by atoms with E-state index in [1.165, 1.54) is 0 Å². The Labute approximate surface area is 114 Å². The monoisotopic (exact) mass is 264 g/mol. The third kappa shape index (κ3) is 1.91. The molecule has 0 aromatic carbocycles. The topological polar surface area (TPSA) is 67.3 Å². The first-order chi connectivity index (χ1) is 8.99. The fraction of sp³-hybridized carbons (Fsp3) is 0.786. The fourth-order valence-corrected chi connectivity index (χ4v) is 3.76. The van der Waals surface area contributed by atoms with Gasteiger partial charge in [0.15, 0.2) is 0 Å². The van der Waals surface area contributed by atoms with Crippen molar-refractivity contribution in [3.63, 3.8) is 0 Å². The summed E-state index contributed by atoms with van der Waals surface area (Å²) >= 11 is 0. The molecule has 1 aliphatic carbocycles. The number of aryl methyl sites for hydroxylation is 1. The van der Waals surface area contributed by atoms with Gasteiger partial charge in [0.25, 0.3) is 0 Å². The Kier molecular flexibility index (Phi) is 2.96. The molecule has 0 radical (unpaired) electrons. The molecule has 19 heavy (non-hydrogen) atoms. The molecule has 106 valence electrons. The van der Waals surface area contributed by atoms with E-state index < -0.39 is 0 Å². The molecule has 5 heteroatoms. The maximum Gasteiger partial charge on any atom is 0.150 e. The summed E-state index contributed by atoms with van der Waals surface area (Å²) in [6.07, 6.45) is 1.97. The molecule has 1 aromatic rings. The van der Waals surface area contributed by atoms with E-state index in [0.717, 1.165) is 43.1 Å². The van der Waals surface area contributed by atoms with E-state index in [4.69, 9.17) is 5.73 Å². The molecular weight excluding hydrogens is 240 g/mol. The number of fused-ring (bicyclic) bond motifs is 1. The highest BCUT2D eigenvalue weighted by atomic mass is 16.3. The molecule has 1 saturated carbocycles. The second kappa shape index (κ2) is 4.40. The lowest BCUT2D eigenvalue weighted by atomic mass is 10.00. The van der Waals surface area contributed by atoms with Gasteiger partial charge in [-0.15, -0.1) is 0 Å². The standard InChI is InChI=1S/C14H24N4O/c1-8(2)13-12(15)14(17(3)16-13)18-6-9-4-5-11(19)10(9)7-18/h8-11,19H,4-7,15H2,1-3H3. The summed E-state index contributed by atoms with van der Waals surface area (Å²) in [5.41, 5.74) is 8.08. The van der Waals surface area contributed by atoms with Crippen molar-refractivity contribution in [1.29, 1.82) is 0 Å². The van der Waals surface area contributed by atoms with Crippen LogP contribution in [0.5, 0.6) is 0 Å². The quantitative estimate of drug-likeness (QED) is 0.845. The molecular formula is C14H24N4O. The molecule has 2 fully saturated rings. The molecule has 0 bridgehead atoms. The molecule has 2 heterocycles. The van der Waals surface area contributed by atoms with Gasteiger partial charge in [-0.3, -0.25) is 4.68 Å². The second-order valence-electron chi connectivity index (χ2n) is 6.37. The highest BCUT2D eigenvalue weighted by Gasteiger charge is 2.43. The zero-order chi connectivity index (χ0) is 13.7. The van der Waals surface area contributed by atoms with Gasteiger partial charge in [0.2, 0.25) is 0 Å². The van der Waals surface area contributed by atoms with Gasteiger partial charge in [0.05, 0.1) is 17.5 Å². The Morgan fingerprint density at radius 3 is 2.63 bits per heavy atom. The fourth-order valence-electron chi connectivity index (χ4n) is 3.76. The van der Waals surface area contributed by atoms with Gasteiger partial charge in [0, 0.05) is 26.1 Å². The van der Waals surface area contributed by atoms with Crippen LogP contribution in [0.4, 0.5) is 11.5 Å². The third-order valence-electron chi connectivity index (χ3n) is 4.75. The minimum Gasteiger partial charge on any atom is -0.394 e. The minimum atomic E-state index is -0.131. The summed E-state index contributed by atoms with van der Waals surface area (Å²) in [6, 6.07) is 0. The zero-order valence-corrected chi connectivity index (χ0v) is 12.0. The summed E-state index contributed by atoms with van der Waals surface area (Å²) in [5, 5.41) is 14.6. The van der Waals surface area contributed by atoms with E-state index in [1.54, 1.807) is 0 Å². The molecule has 5 nitrogen and oxygen atoms in total. The number of nitrogens with zero attached hydrogens (tertiary/aromatic N) is 3. The highest BCUT2D eigenvalue weighted by molar-refractivity contribution is 5.67. The van der Waals surface area contributed by atoms with Crippen LogP contribution in [0.2, 0.25) is 0 Å². The number of nitrogen functional groups attached to an aromatic ring is 1. The molecule has 1 aromatic heterocycles. The van der Waals surface area contributed by atoms with Crippen molar-refractivity contribution in [2.45, 2.75) is 38.7 Å². The summed E-state index contributed by atoms with van der Waals surface area (Å²) < 4.78 is 1.90. The van der Waals surface area contributed by atoms with Crippen LogP contribution in [-0.4, -0.2) is 34.1 Å². The highest BCUT2D eigenvalue weighted by Crippen LogP contribution is 2.42. The van der Waals surface area contributed by atoms with E-state index in [9.17, 15) is 5.11 Å². The van der Waals surface area contributed by atoms with Gasteiger partial charge in [-0.2, -0.15) is 5.10 Å². The predicted octanol–water partition coefficient (Wildman–Crippen LogP) is 1.33. The van der Waals surface area contributed by atoms with Gasteiger partial charge in [0.1, 0.15) is 5.82 Å². The van der Waals surface area contributed by atoms with Crippen LogP contribution in [-0.2, 0) is 7.05 Å². The first-order valence-corrected chi connectivity index (χ1v) is 7.24. The zero-order valence-electron chi connectivity index (χ0n) is 12.0. The van der Waals surface area contributed by atoms with E-state index in [1.807, 2.05) is 11.7 Å². The number of hydrogen-bond acceptors (Lipinski definition) is 4. The van der Waals surface area contributed by atoms with Crippen LogP contribution in [0, 0.1) is 11.8 Å². The second-order valence-corrected chi connectivity index (χ2v) is 6.37. The van der Waals surface area contributed by atoms with E-state index in [-0.39, 0.29) is 6.10 Å². The maximum atomic E-state index is 10.0. The van der Waals surface area contributed by atoms with Crippen LogP contribution < -0.4 is 10.6 Å². The van der Waals surface area contributed by atoms with Gasteiger partial charge in [-0.1, -0.05) is 13.8 Å². The summed E-state index contributed by atoms with van der Waals surface area (Å²) in [4.78, 5) is 2.31. The lowest BCUT2D eigenvalue weighted by Crippen LogP contribution is -2.26. The van der Waals surface area contributed by atoms with Crippen molar-refractivity contribution < 1.29 is 5.11 Å². The average molecular weight is 264 g/mol. The van der Waals surface area contributed by atoms with Crippen molar-refractivity contribution in [3.8, 4) is 0 Å². The molecule has 3 rings (SSSR count). The number of rotatable bonds is 2. The Hall–Kier alpha value is -1.23. The first-order valence-electron chi connectivity index (χ1n) is 7.24. The molecule has 3 atom stereocenters. The first kappa shape index (κ1) is 12.8. The van der Waals surface area contributed by atoms with Crippen molar-refractivity contribution in [2.24, 2.45) is 18.9 Å². The van der Waals surface area contributed by atoms with Gasteiger partial charge >= 0.3 is 0 Å². The molecule has 3 N–H and O–H groups in total. The average Bonchev–Trinajstić information content (AvgIpc) is 2.96. The van der Waals surface area contributed by atoms with Gasteiger partial charge in [-0.05, 0) is 24.7 Å². The van der Waals surface area contributed by atoms with Crippen molar-refractivity contribution in [1.82, 2.24) is 9.78 Å². The molecule has 0 spiro atoms. The normalized spacial score (nSPS) is 30.4. The molecule has 3 unspecified atom stereocenters. The number of aliphatic hydroxyl groups is 1. The summed E-state index contributed by atoms with van der Waals surface area (Å²) in [5.74, 6) is 2.40. The van der Waals surface area contributed by atoms with Crippen molar-refractivity contribution in [2.75, 3.05) is 23.7 Å². The van der Waals surface area contributed by atoms with E-state index in [0.29, 0.717) is 17.8 Å². The number of aliphatic hydroxyl groups excluding tert-OH is 1. The number of hydrogen-bond donors (Lipinski definition) is 2. The SMILES string of the molecule is CC(C)c1nn(C)c(N2CC3CCC(O)C3C2)c1N.